The Hall–Kier alpha value is -5.80. The van der Waals surface area contributed by atoms with E-state index in [1.807, 2.05) is 6.07 Å². The third-order valence-corrected chi connectivity index (χ3v) is 7.02. The zero-order valence-corrected chi connectivity index (χ0v) is 26.0. The van der Waals surface area contributed by atoms with Crippen LogP contribution in [0.4, 0.5) is 0 Å². The number of rotatable bonds is 18. The van der Waals surface area contributed by atoms with Gasteiger partial charge in [-0.1, -0.05) is 30.3 Å². The quantitative estimate of drug-likeness (QED) is 0.0445. The zero-order valence-electron chi connectivity index (χ0n) is 26.0. The summed E-state index contributed by atoms with van der Waals surface area (Å²) in [7, 11) is 0. The molecule has 0 unspecified atom stereocenters. The molecule has 3 rings (SSSR count). The van der Waals surface area contributed by atoms with Gasteiger partial charge in [0.05, 0.1) is 6.33 Å². The van der Waals surface area contributed by atoms with Crippen LogP contribution >= 0.6 is 0 Å². The van der Waals surface area contributed by atoms with E-state index in [0.717, 1.165) is 5.56 Å². The van der Waals surface area contributed by atoms with Gasteiger partial charge >= 0.3 is 0 Å². The van der Waals surface area contributed by atoms with Gasteiger partial charge in [-0.2, -0.15) is 0 Å². The van der Waals surface area contributed by atoms with E-state index in [1.165, 1.54) is 19.4 Å². The van der Waals surface area contributed by atoms with Crippen LogP contribution in [0.3, 0.4) is 0 Å². The SMILES string of the molecule is CC(=O)N[C@@H](Cc1cnc[nH]1)C(=O)N[C@@H](Cc1ccccc1)C(=O)N[C@@H](CCCN=C(N)N)C(=O)N[C@H](Cc1ccncc1)C(N)=O. The number of primary amides is 1. The summed E-state index contributed by atoms with van der Waals surface area (Å²) in [5.41, 5.74) is 18.5. The summed E-state index contributed by atoms with van der Waals surface area (Å²) in [5.74, 6) is -3.29. The Kier molecular flexibility index (Phi) is 13.8. The molecule has 250 valence electrons. The lowest BCUT2D eigenvalue weighted by molar-refractivity contribution is -0.134. The van der Waals surface area contributed by atoms with E-state index in [9.17, 15) is 24.0 Å². The van der Waals surface area contributed by atoms with Crippen molar-refractivity contribution in [3.63, 3.8) is 0 Å². The number of hydrogen-bond donors (Lipinski definition) is 8. The number of carbonyl (C=O) groups excluding carboxylic acids is 5. The minimum Gasteiger partial charge on any atom is -0.370 e. The molecule has 0 aliphatic carbocycles. The number of imidazole rings is 1. The number of aromatic amines is 1. The average molecular weight is 648 g/mol. The summed E-state index contributed by atoms with van der Waals surface area (Å²) in [6.45, 7) is 1.45. The lowest BCUT2D eigenvalue weighted by Crippen LogP contribution is -2.59. The molecule has 0 fully saturated rings. The number of nitrogens with one attached hydrogen (secondary N) is 5. The molecule has 16 heteroatoms. The van der Waals surface area contributed by atoms with Crippen molar-refractivity contribution in [2.45, 2.75) is 63.2 Å². The second-order valence-electron chi connectivity index (χ2n) is 10.8. The molecule has 16 nitrogen and oxygen atoms in total. The van der Waals surface area contributed by atoms with Gasteiger partial charge in [-0.25, -0.2) is 4.98 Å². The van der Waals surface area contributed by atoms with Gasteiger partial charge in [0.15, 0.2) is 5.96 Å². The number of nitrogens with zero attached hydrogens (tertiary/aromatic N) is 3. The molecule has 2 heterocycles. The van der Waals surface area contributed by atoms with Crippen molar-refractivity contribution >= 4 is 35.5 Å². The Morgan fingerprint density at radius 3 is 1.91 bits per heavy atom. The van der Waals surface area contributed by atoms with Gasteiger partial charge in [-0.3, -0.25) is 33.9 Å². The normalized spacial score (nSPS) is 13.2. The number of amides is 5. The van der Waals surface area contributed by atoms with Crippen LogP contribution in [-0.2, 0) is 43.2 Å². The van der Waals surface area contributed by atoms with Crippen molar-refractivity contribution in [3.05, 3.63) is 84.2 Å². The first-order valence-corrected chi connectivity index (χ1v) is 14.9. The molecule has 0 bridgehead atoms. The predicted molar refractivity (Wildman–Crippen MR) is 173 cm³/mol. The van der Waals surface area contributed by atoms with Gasteiger partial charge in [0.2, 0.25) is 29.5 Å². The first-order valence-electron chi connectivity index (χ1n) is 14.9. The molecule has 0 saturated carbocycles. The number of benzene rings is 1. The molecular weight excluding hydrogens is 606 g/mol. The number of carbonyl (C=O) groups is 5. The van der Waals surface area contributed by atoms with Crippen LogP contribution in [0.5, 0.6) is 0 Å². The predicted octanol–water partition coefficient (Wildman–Crippen LogP) is -1.67. The highest BCUT2D eigenvalue weighted by Gasteiger charge is 2.31. The number of nitrogens with two attached hydrogens (primary N) is 3. The fourth-order valence-corrected chi connectivity index (χ4v) is 4.70. The number of H-pyrrole nitrogens is 1. The number of aliphatic imine (C=N–C) groups is 1. The maximum atomic E-state index is 13.8. The minimum absolute atomic E-state index is 0.0730. The van der Waals surface area contributed by atoms with E-state index in [4.69, 9.17) is 17.2 Å². The highest BCUT2D eigenvalue weighted by atomic mass is 16.2. The second kappa shape index (κ2) is 18.2. The lowest BCUT2D eigenvalue weighted by Gasteiger charge is -2.26. The Morgan fingerprint density at radius 2 is 1.32 bits per heavy atom. The molecule has 3 aromatic rings. The van der Waals surface area contributed by atoms with Crippen molar-refractivity contribution in [3.8, 4) is 0 Å². The van der Waals surface area contributed by atoms with E-state index in [2.05, 4.69) is 41.2 Å². The second-order valence-corrected chi connectivity index (χ2v) is 10.8. The number of guanidine groups is 1. The summed E-state index contributed by atoms with van der Waals surface area (Å²) in [5, 5.41) is 10.7. The summed E-state index contributed by atoms with van der Waals surface area (Å²) in [6, 6.07) is 7.94. The molecule has 0 aliphatic heterocycles. The smallest absolute Gasteiger partial charge is 0.243 e. The van der Waals surface area contributed by atoms with Crippen LogP contribution < -0.4 is 38.5 Å². The molecular formula is C31H41N11O5. The van der Waals surface area contributed by atoms with E-state index in [1.54, 1.807) is 48.8 Å². The van der Waals surface area contributed by atoms with Crippen molar-refractivity contribution in [2.75, 3.05) is 6.54 Å². The van der Waals surface area contributed by atoms with Crippen LogP contribution in [-0.4, -0.2) is 81.2 Å². The van der Waals surface area contributed by atoms with E-state index in [-0.39, 0.29) is 38.2 Å². The van der Waals surface area contributed by atoms with Gasteiger partial charge in [0.25, 0.3) is 0 Å². The lowest BCUT2D eigenvalue weighted by atomic mass is 10.0. The first-order chi connectivity index (χ1) is 22.5. The first kappa shape index (κ1) is 35.7. The van der Waals surface area contributed by atoms with Gasteiger partial charge in [-0.05, 0) is 36.1 Å². The average Bonchev–Trinajstić information content (AvgIpc) is 3.55. The summed E-state index contributed by atoms with van der Waals surface area (Å²) < 4.78 is 0. The summed E-state index contributed by atoms with van der Waals surface area (Å²) >= 11 is 0. The van der Waals surface area contributed by atoms with Crippen molar-refractivity contribution in [2.24, 2.45) is 22.2 Å². The maximum Gasteiger partial charge on any atom is 0.243 e. The molecule has 0 spiro atoms. The zero-order chi connectivity index (χ0) is 34.2. The Morgan fingerprint density at radius 1 is 0.745 bits per heavy atom. The van der Waals surface area contributed by atoms with Crippen LogP contribution in [0.15, 0.2) is 72.4 Å². The molecule has 4 atom stereocenters. The fourth-order valence-electron chi connectivity index (χ4n) is 4.70. The molecule has 5 amide bonds. The van der Waals surface area contributed by atoms with Crippen molar-refractivity contribution < 1.29 is 24.0 Å². The number of pyridine rings is 1. The Balaban J connectivity index is 1.83. The van der Waals surface area contributed by atoms with E-state index < -0.39 is 53.7 Å². The van der Waals surface area contributed by atoms with Gasteiger partial charge in [0, 0.05) is 57.0 Å². The molecule has 47 heavy (non-hydrogen) atoms. The molecule has 1 aromatic carbocycles. The molecule has 0 aliphatic rings. The third-order valence-electron chi connectivity index (χ3n) is 7.02. The summed E-state index contributed by atoms with van der Waals surface area (Å²) in [6.07, 6.45) is 6.73. The third kappa shape index (κ3) is 12.6. The topological polar surface area (TPSA) is 265 Å². The largest absolute Gasteiger partial charge is 0.370 e. The van der Waals surface area contributed by atoms with Crippen molar-refractivity contribution in [1.29, 1.82) is 0 Å². The van der Waals surface area contributed by atoms with Crippen LogP contribution in [0.25, 0.3) is 0 Å². The van der Waals surface area contributed by atoms with E-state index >= 15 is 0 Å². The maximum absolute atomic E-state index is 13.8. The van der Waals surface area contributed by atoms with Crippen LogP contribution in [0, 0.1) is 0 Å². The summed E-state index contributed by atoms with van der Waals surface area (Å²) in [4.78, 5) is 79.8. The molecule has 0 radical (unpaired) electrons. The number of hydrogen-bond acceptors (Lipinski definition) is 8. The van der Waals surface area contributed by atoms with Crippen LogP contribution in [0.2, 0.25) is 0 Å². The highest BCUT2D eigenvalue weighted by molar-refractivity contribution is 5.95. The van der Waals surface area contributed by atoms with Gasteiger partial charge < -0.3 is 43.5 Å². The van der Waals surface area contributed by atoms with E-state index in [0.29, 0.717) is 17.7 Å². The fraction of sp³-hybridized carbons (Fsp3) is 0.355. The van der Waals surface area contributed by atoms with Gasteiger partial charge in [0.1, 0.15) is 24.2 Å². The monoisotopic (exact) mass is 647 g/mol. The van der Waals surface area contributed by atoms with Crippen molar-refractivity contribution in [1.82, 2.24) is 36.2 Å². The molecule has 0 saturated heterocycles. The Bertz CT molecular complexity index is 1500. The standard InChI is InChI=1S/C31H41N11O5/c1-19(43)39-26(16-22-17-36-18-38-22)30(47)42-25(15-20-6-3-2-4-7-20)29(46)40-23(8-5-11-37-31(33)34)28(45)41-24(27(32)44)14-21-9-12-35-13-10-21/h2-4,6-7,9-10,12-13,17-18,23-26H,5,8,11,14-16H2,1H3,(H2,32,44)(H,36,38)(H,39,43)(H,40,46)(H,41,45)(H,42,47)(H4,33,34,37)/t23-,24+,25-,26-/m0/s1. The van der Waals surface area contributed by atoms with Crippen LogP contribution in [0.1, 0.15) is 36.6 Å². The number of aromatic nitrogens is 3. The minimum atomic E-state index is -1.15. The van der Waals surface area contributed by atoms with Gasteiger partial charge in [-0.15, -0.1) is 0 Å². The molecule has 11 N–H and O–H groups in total. The molecule has 2 aromatic heterocycles. The Labute approximate surface area is 271 Å². The highest BCUT2D eigenvalue weighted by Crippen LogP contribution is 2.09.